The third-order valence-electron chi connectivity index (χ3n) is 2.05. The van der Waals surface area contributed by atoms with Crippen LogP contribution in [0.3, 0.4) is 0 Å². The zero-order valence-corrected chi connectivity index (χ0v) is 10.2. The van der Waals surface area contributed by atoms with Gasteiger partial charge in [0.05, 0.1) is 4.99 Å². The van der Waals surface area contributed by atoms with Crippen LogP contribution >= 0.6 is 23.6 Å². The molecule has 0 aliphatic heterocycles. The fraction of sp³-hybridized carbons (Fsp3) is 0.500. The summed E-state index contributed by atoms with van der Waals surface area (Å²) in [6.45, 7) is 5.94. The lowest BCUT2D eigenvalue weighted by Crippen LogP contribution is -2.37. The molecule has 0 atom stereocenters. The Morgan fingerprint density at radius 1 is 1.64 bits per heavy atom. The first-order valence-corrected chi connectivity index (χ1v) is 5.98. The van der Waals surface area contributed by atoms with Gasteiger partial charge in [-0.3, -0.25) is 4.90 Å². The van der Waals surface area contributed by atoms with Crippen LogP contribution in [0.1, 0.15) is 19.4 Å². The third-order valence-corrected chi connectivity index (χ3v) is 2.92. The summed E-state index contributed by atoms with van der Waals surface area (Å²) in [4.78, 5) is 2.83. The summed E-state index contributed by atoms with van der Waals surface area (Å²) >= 11 is 6.65. The molecule has 1 heterocycles. The first-order chi connectivity index (χ1) is 6.59. The molecule has 0 spiro atoms. The van der Waals surface area contributed by atoms with E-state index >= 15 is 0 Å². The van der Waals surface area contributed by atoms with Crippen molar-refractivity contribution in [3.63, 3.8) is 0 Å². The predicted octanol–water partition coefficient (Wildman–Crippen LogP) is 2.24. The highest BCUT2D eigenvalue weighted by Gasteiger charge is 2.10. The van der Waals surface area contributed by atoms with Gasteiger partial charge in [-0.25, -0.2) is 0 Å². The highest BCUT2D eigenvalue weighted by molar-refractivity contribution is 7.80. The van der Waals surface area contributed by atoms with Crippen LogP contribution in [0.4, 0.5) is 0 Å². The van der Waals surface area contributed by atoms with E-state index in [2.05, 4.69) is 35.6 Å². The molecule has 0 aliphatic rings. The Morgan fingerprint density at radius 2 is 2.36 bits per heavy atom. The number of thiocarbonyl (C=S) groups is 1. The highest BCUT2D eigenvalue weighted by Crippen LogP contribution is 2.11. The molecule has 14 heavy (non-hydrogen) atoms. The lowest BCUT2D eigenvalue weighted by molar-refractivity contribution is 0.245. The van der Waals surface area contributed by atoms with Crippen LogP contribution in [0.15, 0.2) is 16.8 Å². The van der Waals surface area contributed by atoms with Crippen molar-refractivity contribution < 1.29 is 0 Å². The molecular weight excluding hydrogens is 212 g/mol. The van der Waals surface area contributed by atoms with Crippen LogP contribution in [0.5, 0.6) is 0 Å². The summed E-state index contributed by atoms with van der Waals surface area (Å²) in [7, 11) is 0. The maximum Gasteiger partial charge on any atom is 0.0870 e. The van der Waals surface area contributed by atoms with Crippen molar-refractivity contribution in [1.82, 2.24) is 4.90 Å². The van der Waals surface area contributed by atoms with Gasteiger partial charge in [0.2, 0.25) is 0 Å². The van der Waals surface area contributed by atoms with Crippen LogP contribution in [0.25, 0.3) is 0 Å². The van der Waals surface area contributed by atoms with Crippen LogP contribution in [0, 0.1) is 0 Å². The van der Waals surface area contributed by atoms with Crippen molar-refractivity contribution in [2.75, 3.05) is 6.54 Å². The average molecular weight is 228 g/mol. The van der Waals surface area contributed by atoms with Crippen LogP contribution in [0.2, 0.25) is 0 Å². The molecule has 0 amide bonds. The van der Waals surface area contributed by atoms with Gasteiger partial charge in [0, 0.05) is 19.1 Å². The maximum absolute atomic E-state index is 5.55. The molecule has 0 aliphatic carbocycles. The Kier molecular flexibility index (Phi) is 4.51. The zero-order valence-electron chi connectivity index (χ0n) is 8.56. The fourth-order valence-corrected chi connectivity index (χ4v) is 2.06. The first kappa shape index (κ1) is 11.6. The summed E-state index contributed by atoms with van der Waals surface area (Å²) in [6, 6.07) is 2.61. The van der Waals surface area contributed by atoms with Gasteiger partial charge in [0.25, 0.3) is 0 Å². The molecule has 0 saturated heterocycles. The Bertz CT molecular complexity index is 280. The molecular formula is C10H16N2S2. The van der Waals surface area contributed by atoms with Gasteiger partial charge in [-0.15, -0.1) is 0 Å². The Balaban J connectivity index is 2.56. The van der Waals surface area contributed by atoms with E-state index in [0.29, 0.717) is 17.6 Å². The number of thiophene rings is 1. The Labute approximate surface area is 94.7 Å². The molecule has 1 aromatic heterocycles. The van der Waals surface area contributed by atoms with E-state index in [0.717, 1.165) is 6.54 Å². The van der Waals surface area contributed by atoms with E-state index in [1.807, 2.05) is 0 Å². The maximum atomic E-state index is 5.55. The fourth-order valence-electron chi connectivity index (χ4n) is 1.24. The van der Waals surface area contributed by atoms with Crippen molar-refractivity contribution in [2.24, 2.45) is 5.73 Å². The van der Waals surface area contributed by atoms with Crippen molar-refractivity contribution in [1.29, 1.82) is 0 Å². The quantitative estimate of drug-likeness (QED) is 0.784. The van der Waals surface area contributed by atoms with Gasteiger partial charge in [-0.2, -0.15) is 11.3 Å². The monoisotopic (exact) mass is 228 g/mol. The summed E-state index contributed by atoms with van der Waals surface area (Å²) in [5, 5.41) is 4.25. The summed E-state index contributed by atoms with van der Waals surface area (Å²) in [5.41, 5.74) is 6.89. The second-order valence-electron chi connectivity index (χ2n) is 3.60. The van der Waals surface area contributed by atoms with Gasteiger partial charge in [-0.1, -0.05) is 12.2 Å². The molecule has 2 nitrogen and oxygen atoms in total. The van der Waals surface area contributed by atoms with Crippen molar-refractivity contribution in [3.05, 3.63) is 22.4 Å². The van der Waals surface area contributed by atoms with Crippen molar-refractivity contribution in [2.45, 2.75) is 26.4 Å². The van der Waals surface area contributed by atoms with E-state index in [9.17, 15) is 0 Å². The lowest BCUT2D eigenvalue weighted by atomic mass is 10.2. The zero-order chi connectivity index (χ0) is 10.6. The molecule has 0 bridgehead atoms. The van der Waals surface area contributed by atoms with Gasteiger partial charge in [0.15, 0.2) is 0 Å². The van der Waals surface area contributed by atoms with Crippen LogP contribution < -0.4 is 5.73 Å². The molecule has 1 aromatic rings. The van der Waals surface area contributed by atoms with Gasteiger partial charge < -0.3 is 5.73 Å². The normalized spacial score (nSPS) is 11.1. The Morgan fingerprint density at radius 3 is 2.79 bits per heavy atom. The minimum atomic E-state index is 0.469. The van der Waals surface area contributed by atoms with Crippen molar-refractivity contribution >= 4 is 28.5 Å². The molecule has 2 N–H and O–H groups in total. The smallest absolute Gasteiger partial charge is 0.0870 e. The predicted molar refractivity (Wildman–Crippen MR) is 66.7 cm³/mol. The standard InChI is InChI=1S/C10H16N2S2/c1-8(2)12(6-10(11)13)5-9-3-4-14-7-9/h3-4,7-8H,5-6H2,1-2H3,(H2,11,13). The second-order valence-corrected chi connectivity index (χ2v) is 4.90. The molecule has 78 valence electrons. The largest absolute Gasteiger partial charge is 0.392 e. The highest BCUT2D eigenvalue weighted by atomic mass is 32.1. The minimum Gasteiger partial charge on any atom is -0.392 e. The lowest BCUT2D eigenvalue weighted by Gasteiger charge is -2.25. The molecule has 0 unspecified atom stereocenters. The van der Waals surface area contributed by atoms with E-state index in [-0.39, 0.29) is 0 Å². The number of nitrogens with zero attached hydrogens (tertiary/aromatic N) is 1. The first-order valence-electron chi connectivity index (χ1n) is 4.63. The number of rotatable bonds is 5. The topological polar surface area (TPSA) is 29.3 Å². The van der Waals surface area contributed by atoms with Crippen molar-refractivity contribution in [3.8, 4) is 0 Å². The second kappa shape index (κ2) is 5.44. The minimum absolute atomic E-state index is 0.469. The number of nitrogens with two attached hydrogens (primary N) is 1. The molecule has 0 aromatic carbocycles. The van der Waals surface area contributed by atoms with Gasteiger partial charge in [-0.05, 0) is 36.2 Å². The number of hydrogen-bond donors (Lipinski definition) is 1. The van der Waals surface area contributed by atoms with E-state index in [4.69, 9.17) is 18.0 Å². The van der Waals surface area contributed by atoms with Crippen LogP contribution in [-0.4, -0.2) is 22.5 Å². The molecule has 1 rings (SSSR count). The molecule has 0 saturated carbocycles. The number of hydrogen-bond acceptors (Lipinski definition) is 3. The van der Waals surface area contributed by atoms with E-state index < -0.39 is 0 Å². The molecule has 0 radical (unpaired) electrons. The van der Waals surface area contributed by atoms with Gasteiger partial charge in [0.1, 0.15) is 0 Å². The van der Waals surface area contributed by atoms with Gasteiger partial charge >= 0.3 is 0 Å². The molecule has 0 fully saturated rings. The van der Waals surface area contributed by atoms with Crippen LogP contribution in [-0.2, 0) is 6.54 Å². The molecule has 4 heteroatoms. The Hall–Kier alpha value is -0.450. The summed E-state index contributed by atoms with van der Waals surface area (Å²) < 4.78 is 0. The van der Waals surface area contributed by atoms with E-state index in [1.54, 1.807) is 11.3 Å². The summed E-state index contributed by atoms with van der Waals surface area (Å²) in [6.07, 6.45) is 0. The van der Waals surface area contributed by atoms with E-state index in [1.165, 1.54) is 5.56 Å². The summed E-state index contributed by atoms with van der Waals surface area (Å²) in [5.74, 6) is 0. The third kappa shape index (κ3) is 3.74. The average Bonchev–Trinajstić information content (AvgIpc) is 2.54. The SMILES string of the molecule is CC(C)N(CC(N)=S)Cc1ccsc1.